The molecule has 0 spiro atoms. The number of carbonyl (C=O) groups is 3. The van der Waals surface area contributed by atoms with Crippen LogP contribution < -0.4 is 11.1 Å². The number of nitrogens with two attached hydrogens (primary N) is 1. The van der Waals surface area contributed by atoms with Gasteiger partial charge in [-0.15, -0.1) is 11.8 Å². The Balaban J connectivity index is 2.07. The second kappa shape index (κ2) is 7.97. The quantitative estimate of drug-likeness (QED) is 0.643. The van der Waals surface area contributed by atoms with Crippen LogP contribution in [0.5, 0.6) is 0 Å². The molecule has 3 N–H and O–H groups in total. The maximum absolute atomic E-state index is 11.5. The molecule has 1 rings (SSSR count). The molecule has 7 heteroatoms. The number of hydrogen-bond donors (Lipinski definition) is 2. The average molecular weight is 273 g/mol. The molecule has 1 heterocycles. The highest BCUT2D eigenvalue weighted by Crippen LogP contribution is 2.09. The lowest BCUT2D eigenvalue weighted by Crippen LogP contribution is -2.41. The summed E-state index contributed by atoms with van der Waals surface area (Å²) in [4.78, 5) is 35.1. The first-order chi connectivity index (χ1) is 8.59. The Morgan fingerprint density at radius 1 is 1.33 bits per heavy atom. The van der Waals surface area contributed by atoms with E-state index in [1.807, 2.05) is 0 Å². The summed E-state index contributed by atoms with van der Waals surface area (Å²) >= 11 is 1.19. The van der Waals surface area contributed by atoms with Gasteiger partial charge in [-0.1, -0.05) is 0 Å². The number of hydrogen-bond acceptors (Lipinski definition) is 4. The van der Waals surface area contributed by atoms with E-state index in [0.717, 1.165) is 19.4 Å². The van der Waals surface area contributed by atoms with E-state index >= 15 is 0 Å². The summed E-state index contributed by atoms with van der Waals surface area (Å²) in [5.41, 5.74) is 4.96. The van der Waals surface area contributed by atoms with Gasteiger partial charge >= 0.3 is 0 Å². The predicted molar refractivity (Wildman–Crippen MR) is 70.0 cm³/mol. The molecule has 6 nitrogen and oxygen atoms in total. The van der Waals surface area contributed by atoms with Gasteiger partial charge in [0.05, 0.1) is 11.5 Å². The van der Waals surface area contributed by atoms with E-state index in [-0.39, 0.29) is 23.3 Å². The molecular formula is C11H19N3O3S. The fourth-order valence-electron chi connectivity index (χ4n) is 1.72. The third kappa shape index (κ3) is 5.90. The van der Waals surface area contributed by atoms with Gasteiger partial charge in [0, 0.05) is 26.1 Å². The minimum Gasteiger partial charge on any atom is -0.369 e. The van der Waals surface area contributed by atoms with E-state index in [2.05, 4.69) is 5.32 Å². The molecule has 1 aliphatic heterocycles. The van der Waals surface area contributed by atoms with Crippen molar-refractivity contribution in [1.82, 2.24) is 10.2 Å². The van der Waals surface area contributed by atoms with Crippen LogP contribution in [0.15, 0.2) is 0 Å². The highest BCUT2D eigenvalue weighted by molar-refractivity contribution is 8.00. The minimum atomic E-state index is -0.424. The van der Waals surface area contributed by atoms with Gasteiger partial charge in [0.15, 0.2) is 0 Å². The molecule has 1 aliphatic rings. The molecule has 0 aromatic rings. The summed E-state index contributed by atoms with van der Waals surface area (Å²) in [6.07, 6.45) is 2.61. The molecule has 18 heavy (non-hydrogen) atoms. The monoisotopic (exact) mass is 273 g/mol. The molecule has 0 unspecified atom stereocenters. The van der Waals surface area contributed by atoms with Crippen LogP contribution in [-0.4, -0.2) is 53.8 Å². The molecule has 0 radical (unpaired) electrons. The first-order valence-electron chi connectivity index (χ1n) is 6.00. The van der Waals surface area contributed by atoms with Gasteiger partial charge in [0.1, 0.15) is 0 Å². The third-order valence-electron chi connectivity index (χ3n) is 2.60. The van der Waals surface area contributed by atoms with Crippen LogP contribution in [0.3, 0.4) is 0 Å². The van der Waals surface area contributed by atoms with Gasteiger partial charge in [-0.05, 0) is 12.8 Å². The number of carbonyl (C=O) groups excluding carboxylic acids is 3. The fraction of sp³-hybridized carbons (Fsp3) is 0.727. The van der Waals surface area contributed by atoms with Crippen LogP contribution in [0.2, 0.25) is 0 Å². The number of primary amides is 1. The standard InChI is InChI=1S/C11H19N3O3S/c12-9(15)7-18-8-10(16)13-4-6-14-5-2-1-3-11(14)17/h1-8H2,(H2,12,15)(H,13,16). The van der Waals surface area contributed by atoms with Crippen molar-refractivity contribution in [1.29, 1.82) is 0 Å². The Hall–Kier alpha value is -1.24. The van der Waals surface area contributed by atoms with E-state index in [1.165, 1.54) is 11.8 Å². The Bertz CT molecular complexity index is 323. The number of amides is 3. The number of thioether (sulfide) groups is 1. The molecule has 0 aromatic heterocycles. The molecule has 0 aliphatic carbocycles. The topological polar surface area (TPSA) is 92.5 Å². The summed E-state index contributed by atoms with van der Waals surface area (Å²) in [7, 11) is 0. The molecule has 1 fully saturated rings. The Morgan fingerprint density at radius 3 is 2.78 bits per heavy atom. The second-order valence-electron chi connectivity index (χ2n) is 4.15. The van der Waals surface area contributed by atoms with Crippen molar-refractivity contribution in [3.63, 3.8) is 0 Å². The van der Waals surface area contributed by atoms with Crippen LogP contribution in [0.1, 0.15) is 19.3 Å². The van der Waals surface area contributed by atoms with Crippen molar-refractivity contribution in [3.05, 3.63) is 0 Å². The van der Waals surface area contributed by atoms with E-state index in [0.29, 0.717) is 19.5 Å². The van der Waals surface area contributed by atoms with Crippen molar-refractivity contribution in [2.45, 2.75) is 19.3 Å². The molecule has 3 amide bonds. The van der Waals surface area contributed by atoms with Crippen LogP contribution in [0, 0.1) is 0 Å². The largest absolute Gasteiger partial charge is 0.369 e. The fourth-order valence-corrected chi connectivity index (χ4v) is 2.31. The molecule has 0 aromatic carbocycles. The summed E-state index contributed by atoms with van der Waals surface area (Å²) in [6, 6.07) is 0. The Morgan fingerprint density at radius 2 is 2.11 bits per heavy atom. The number of piperidine rings is 1. The van der Waals surface area contributed by atoms with Crippen LogP contribution >= 0.6 is 11.8 Å². The number of likely N-dealkylation sites (tertiary alicyclic amines) is 1. The highest BCUT2D eigenvalue weighted by atomic mass is 32.2. The maximum atomic E-state index is 11.5. The summed E-state index contributed by atoms with van der Waals surface area (Å²) in [6.45, 7) is 1.80. The molecule has 1 saturated heterocycles. The molecule has 0 atom stereocenters. The van der Waals surface area contributed by atoms with Crippen molar-refractivity contribution < 1.29 is 14.4 Å². The van der Waals surface area contributed by atoms with Gasteiger partial charge in [-0.25, -0.2) is 0 Å². The average Bonchev–Trinajstić information content (AvgIpc) is 2.31. The zero-order valence-corrected chi connectivity index (χ0v) is 11.1. The van der Waals surface area contributed by atoms with E-state index in [1.54, 1.807) is 4.90 Å². The first-order valence-corrected chi connectivity index (χ1v) is 7.15. The van der Waals surface area contributed by atoms with Gasteiger partial charge in [-0.2, -0.15) is 0 Å². The van der Waals surface area contributed by atoms with Gasteiger partial charge in [0.2, 0.25) is 17.7 Å². The molecule has 102 valence electrons. The Kier molecular flexibility index (Phi) is 6.56. The van der Waals surface area contributed by atoms with E-state index < -0.39 is 5.91 Å². The number of rotatable bonds is 7. The van der Waals surface area contributed by atoms with E-state index in [9.17, 15) is 14.4 Å². The predicted octanol–water partition coefficient (Wildman–Crippen LogP) is -0.666. The molecule has 0 bridgehead atoms. The summed E-state index contributed by atoms with van der Waals surface area (Å²) in [5.74, 6) is -0.0226. The SMILES string of the molecule is NC(=O)CSCC(=O)NCCN1CCCCC1=O. The van der Waals surface area contributed by atoms with Gasteiger partial charge in [-0.3, -0.25) is 14.4 Å². The van der Waals surface area contributed by atoms with Crippen molar-refractivity contribution in [3.8, 4) is 0 Å². The summed E-state index contributed by atoms with van der Waals surface area (Å²) < 4.78 is 0. The lowest BCUT2D eigenvalue weighted by atomic mass is 10.1. The van der Waals surface area contributed by atoms with Crippen molar-refractivity contribution in [2.75, 3.05) is 31.1 Å². The Labute approximate surface area is 111 Å². The lowest BCUT2D eigenvalue weighted by Gasteiger charge is -2.26. The van der Waals surface area contributed by atoms with Gasteiger partial charge < -0.3 is 16.0 Å². The second-order valence-corrected chi connectivity index (χ2v) is 5.13. The van der Waals surface area contributed by atoms with Gasteiger partial charge in [0.25, 0.3) is 0 Å². The highest BCUT2D eigenvalue weighted by Gasteiger charge is 2.17. The first kappa shape index (κ1) is 14.8. The van der Waals surface area contributed by atoms with Crippen LogP contribution in [0.25, 0.3) is 0 Å². The number of nitrogens with zero attached hydrogens (tertiary/aromatic N) is 1. The maximum Gasteiger partial charge on any atom is 0.230 e. The van der Waals surface area contributed by atoms with Crippen LogP contribution in [0.4, 0.5) is 0 Å². The zero-order chi connectivity index (χ0) is 13.4. The lowest BCUT2D eigenvalue weighted by molar-refractivity contribution is -0.133. The molecule has 0 saturated carbocycles. The van der Waals surface area contributed by atoms with Crippen molar-refractivity contribution in [2.24, 2.45) is 5.73 Å². The summed E-state index contributed by atoms with van der Waals surface area (Å²) in [5, 5.41) is 2.72. The number of nitrogens with one attached hydrogen (secondary N) is 1. The van der Waals surface area contributed by atoms with Crippen molar-refractivity contribution >= 4 is 29.5 Å². The smallest absolute Gasteiger partial charge is 0.230 e. The minimum absolute atomic E-state index is 0.134. The normalized spacial score (nSPS) is 15.6. The third-order valence-corrected chi connectivity index (χ3v) is 3.56. The molecular weight excluding hydrogens is 254 g/mol. The van der Waals surface area contributed by atoms with E-state index in [4.69, 9.17) is 5.73 Å². The van der Waals surface area contributed by atoms with Crippen LogP contribution in [-0.2, 0) is 14.4 Å². The zero-order valence-electron chi connectivity index (χ0n) is 10.3.